The maximum atomic E-state index is 12.4. The second kappa shape index (κ2) is 6.03. The van der Waals surface area contributed by atoms with E-state index in [2.05, 4.69) is 20.5 Å². The third-order valence-corrected chi connectivity index (χ3v) is 4.60. The topological polar surface area (TPSA) is 72.2 Å². The zero-order valence-electron chi connectivity index (χ0n) is 12.2. The fourth-order valence-corrected chi connectivity index (χ4v) is 3.30. The van der Waals surface area contributed by atoms with E-state index >= 15 is 0 Å². The Kier molecular flexibility index (Phi) is 3.72. The molecule has 0 aliphatic rings. The molecular formula is C16H10ClN5OS. The van der Waals surface area contributed by atoms with Gasteiger partial charge in [-0.05, 0) is 18.2 Å². The molecule has 0 atom stereocenters. The van der Waals surface area contributed by atoms with Crippen LogP contribution in [0.3, 0.4) is 0 Å². The third-order valence-electron chi connectivity index (χ3n) is 3.40. The van der Waals surface area contributed by atoms with Crippen LogP contribution in [0.15, 0.2) is 55.0 Å². The molecule has 0 saturated carbocycles. The summed E-state index contributed by atoms with van der Waals surface area (Å²) in [5.41, 5.74) is 2.08. The van der Waals surface area contributed by atoms with Crippen LogP contribution in [0, 0.1) is 0 Å². The van der Waals surface area contributed by atoms with E-state index in [-0.39, 0.29) is 5.91 Å². The summed E-state index contributed by atoms with van der Waals surface area (Å²) in [6.07, 6.45) is 5.18. The van der Waals surface area contributed by atoms with Gasteiger partial charge in [-0.2, -0.15) is 0 Å². The minimum absolute atomic E-state index is 0.257. The number of nitrogens with zero attached hydrogens (tertiary/aromatic N) is 4. The van der Waals surface area contributed by atoms with Crippen LogP contribution in [0.1, 0.15) is 10.4 Å². The van der Waals surface area contributed by atoms with Crippen molar-refractivity contribution in [3.63, 3.8) is 0 Å². The average molecular weight is 356 g/mol. The Bertz CT molecular complexity index is 1040. The summed E-state index contributed by atoms with van der Waals surface area (Å²) >= 11 is 7.43. The molecule has 0 bridgehead atoms. The van der Waals surface area contributed by atoms with Crippen molar-refractivity contribution in [2.75, 3.05) is 5.32 Å². The van der Waals surface area contributed by atoms with Gasteiger partial charge in [-0.15, -0.1) is 10.2 Å². The molecule has 8 heteroatoms. The molecule has 4 aromatic rings. The smallest absolute Gasteiger partial charge is 0.258 e. The van der Waals surface area contributed by atoms with Crippen molar-refractivity contribution >= 4 is 39.6 Å². The van der Waals surface area contributed by atoms with E-state index in [0.717, 1.165) is 11.2 Å². The van der Waals surface area contributed by atoms with Gasteiger partial charge in [-0.3, -0.25) is 10.1 Å². The molecular weight excluding hydrogens is 346 g/mol. The molecule has 0 aliphatic carbocycles. The standard InChI is InChI=1S/C16H10ClN5OS/c17-12-4-2-1-3-11(12)15-20-21-16(24-15)19-14(23)10-5-6-13-18-7-8-22(13)9-10/h1-9H,(H,19,21,23). The van der Waals surface area contributed by atoms with Gasteiger partial charge in [0.25, 0.3) is 5.91 Å². The Morgan fingerprint density at radius 1 is 1.17 bits per heavy atom. The highest BCUT2D eigenvalue weighted by atomic mass is 35.5. The van der Waals surface area contributed by atoms with Gasteiger partial charge in [0.15, 0.2) is 5.01 Å². The molecule has 0 aliphatic heterocycles. The van der Waals surface area contributed by atoms with Gasteiger partial charge in [0.1, 0.15) is 5.65 Å². The number of imidazole rings is 1. The largest absolute Gasteiger partial charge is 0.306 e. The average Bonchev–Trinajstić information content (AvgIpc) is 3.23. The first-order chi connectivity index (χ1) is 11.7. The van der Waals surface area contributed by atoms with Crippen LogP contribution in [0.4, 0.5) is 5.13 Å². The number of amides is 1. The van der Waals surface area contributed by atoms with Crippen LogP contribution in [-0.2, 0) is 0 Å². The highest BCUT2D eigenvalue weighted by Gasteiger charge is 2.13. The van der Waals surface area contributed by atoms with Crippen molar-refractivity contribution in [1.82, 2.24) is 19.6 Å². The minimum atomic E-state index is -0.257. The van der Waals surface area contributed by atoms with E-state index in [0.29, 0.717) is 20.7 Å². The quantitative estimate of drug-likeness (QED) is 0.607. The van der Waals surface area contributed by atoms with Crippen molar-refractivity contribution in [2.45, 2.75) is 0 Å². The lowest BCUT2D eigenvalue weighted by Crippen LogP contribution is -2.12. The summed E-state index contributed by atoms with van der Waals surface area (Å²) in [7, 11) is 0. The SMILES string of the molecule is O=C(Nc1nnc(-c2ccccc2Cl)s1)c1ccc2nccn2c1. The molecule has 6 nitrogen and oxygen atoms in total. The molecule has 3 aromatic heterocycles. The third kappa shape index (κ3) is 2.75. The molecule has 118 valence electrons. The highest BCUT2D eigenvalue weighted by Crippen LogP contribution is 2.31. The Morgan fingerprint density at radius 2 is 2.04 bits per heavy atom. The number of rotatable bonds is 3. The fourth-order valence-electron chi connectivity index (χ4n) is 2.24. The van der Waals surface area contributed by atoms with E-state index in [4.69, 9.17) is 11.6 Å². The van der Waals surface area contributed by atoms with Crippen LogP contribution < -0.4 is 5.32 Å². The van der Waals surface area contributed by atoms with Gasteiger partial charge in [-0.1, -0.05) is 41.1 Å². The van der Waals surface area contributed by atoms with E-state index < -0.39 is 0 Å². The van der Waals surface area contributed by atoms with Crippen molar-refractivity contribution < 1.29 is 4.79 Å². The first kappa shape index (κ1) is 14.8. The molecule has 1 aromatic carbocycles. The summed E-state index contributed by atoms with van der Waals surface area (Å²) in [5, 5.41) is 12.5. The number of nitrogens with one attached hydrogen (secondary N) is 1. The molecule has 0 fully saturated rings. The number of hydrogen-bond donors (Lipinski definition) is 1. The van der Waals surface area contributed by atoms with E-state index in [9.17, 15) is 4.79 Å². The molecule has 0 saturated heterocycles. The number of fused-ring (bicyclic) bond motifs is 1. The van der Waals surface area contributed by atoms with Gasteiger partial charge in [0.2, 0.25) is 5.13 Å². The lowest BCUT2D eigenvalue weighted by molar-refractivity contribution is 0.102. The van der Waals surface area contributed by atoms with Gasteiger partial charge in [0, 0.05) is 24.2 Å². The van der Waals surface area contributed by atoms with E-state index in [1.807, 2.05) is 18.2 Å². The predicted octanol–water partition coefficient (Wildman–Crippen LogP) is 3.76. The Labute approximate surface area is 145 Å². The van der Waals surface area contributed by atoms with Crippen LogP contribution >= 0.6 is 22.9 Å². The Balaban J connectivity index is 1.57. The number of halogens is 1. The summed E-state index contributed by atoms with van der Waals surface area (Å²) in [6, 6.07) is 10.9. The molecule has 1 amide bonds. The number of carbonyl (C=O) groups is 1. The lowest BCUT2D eigenvalue weighted by Gasteiger charge is -2.02. The number of carbonyl (C=O) groups excluding carboxylic acids is 1. The number of benzene rings is 1. The molecule has 0 spiro atoms. The summed E-state index contributed by atoms with van der Waals surface area (Å²) in [6.45, 7) is 0. The van der Waals surface area contributed by atoms with Crippen molar-refractivity contribution in [3.05, 3.63) is 65.6 Å². The number of aromatic nitrogens is 4. The summed E-state index contributed by atoms with van der Waals surface area (Å²) in [4.78, 5) is 16.5. The maximum Gasteiger partial charge on any atom is 0.258 e. The fraction of sp³-hybridized carbons (Fsp3) is 0. The monoisotopic (exact) mass is 355 g/mol. The van der Waals surface area contributed by atoms with Gasteiger partial charge in [0.05, 0.1) is 10.6 Å². The maximum absolute atomic E-state index is 12.4. The van der Waals surface area contributed by atoms with Gasteiger partial charge < -0.3 is 4.40 Å². The zero-order chi connectivity index (χ0) is 16.5. The van der Waals surface area contributed by atoms with Crippen molar-refractivity contribution in [1.29, 1.82) is 0 Å². The first-order valence-electron chi connectivity index (χ1n) is 7.03. The second-order valence-electron chi connectivity index (χ2n) is 4.96. The lowest BCUT2D eigenvalue weighted by atomic mass is 10.2. The van der Waals surface area contributed by atoms with Gasteiger partial charge in [-0.25, -0.2) is 4.98 Å². The molecule has 0 radical (unpaired) electrons. The molecule has 0 unspecified atom stereocenters. The molecule has 4 rings (SSSR count). The van der Waals surface area contributed by atoms with Crippen LogP contribution in [0.2, 0.25) is 5.02 Å². The summed E-state index contributed by atoms with van der Waals surface area (Å²) < 4.78 is 1.78. The van der Waals surface area contributed by atoms with E-state index in [1.165, 1.54) is 11.3 Å². The van der Waals surface area contributed by atoms with Gasteiger partial charge >= 0.3 is 0 Å². The Morgan fingerprint density at radius 3 is 2.92 bits per heavy atom. The second-order valence-corrected chi connectivity index (χ2v) is 6.34. The predicted molar refractivity (Wildman–Crippen MR) is 93.5 cm³/mol. The Hall–Kier alpha value is -2.77. The van der Waals surface area contributed by atoms with Crippen molar-refractivity contribution in [2.24, 2.45) is 0 Å². The first-order valence-corrected chi connectivity index (χ1v) is 8.22. The molecule has 3 heterocycles. The zero-order valence-corrected chi connectivity index (χ0v) is 13.8. The van der Waals surface area contributed by atoms with Crippen LogP contribution in [0.25, 0.3) is 16.2 Å². The normalized spacial score (nSPS) is 10.9. The van der Waals surface area contributed by atoms with Crippen LogP contribution in [0.5, 0.6) is 0 Å². The number of pyridine rings is 1. The number of hydrogen-bond acceptors (Lipinski definition) is 5. The highest BCUT2D eigenvalue weighted by molar-refractivity contribution is 7.18. The van der Waals surface area contributed by atoms with Crippen LogP contribution in [-0.4, -0.2) is 25.5 Å². The molecule has 24 heavy (non-hydrogen) atoms. The summed E-state index contributed by atoms with van der Waals surface area (Å²) in [5.74, 6) is -0.257. The van der Waals surface area contributed by atoms with Crippen molar-refractivity contribution in [3.8, 4) is 10.6 Å². The van der Waals surface area contributed by atoms with E-state index in [1.54, 1.807) is 41.2 Å². The minimum Gasteiger partial charge on any atom is -0.306 e. The molecule has 1 N–H and O–H groups in total. The number of anilines is 1.